The molecule has 1 unspecified atom stereocenters. The van der Waals surface area contributed by atoms with E-state index in [0.29, 0.717) is 13.0 Å². The number of amides is 1. The minimum atomic E-state index is -0.405. The number of hydrogen-bond donors (Lipinski definition) is 0. The molecule has 0 saturated carbocycles. The number of nitrogens with zero attached hydrogens (tertiary/aromatic N) is 2. The Balaban J connectivity index is 2.18. The van der Waals surface area contributed by atoms with Gasteiger partial charge in [-0.3, -0.25) is 9.59 Å². The minimum Gasteiger partial charge on any atom is -0.469 e. The molecule has 98 valence electrons. The minimum absolute atomic E-state index is 0.0930. The fourth-order valence-electron chi connectivity index (χ4n) is 2.21. The van der Waals surface area contributed by atoms with Crippen LogP contribution in [0.5, 0.6) is 0 Å². The van der Waals surface area contributed by atoms with Crippen molar-refractivity contribution >= 4 is 17.6 Å². The third-order valence-corrected chi connectivity index (χ3v) is 3.16. The summed E-state index contributed by atoms with van der Waals surface area (Å²) in [5, 5.41) is 8.68. The Hall–Kier alpha value is -2.35. The maximum Gasteiger partial charge on any atom is 0.311 e. The third kappa shape index (κ3) is 2.74. The largest absolute Gasteiger partial charge is 0.469 e. The molecule has 19 heavy (non-hydrogen) atoms. The molecule has 0 radical (unpaired) electrons. The van der Waals surface area contributed by atoms with Crippen LogP contribution < -0.4 is 4.90 Å². The number of hydrogen-bond acceptors (Lipinski definition) is 4. The van der Waals surface area contributed by atoms with Gasteiger partial charge in [0.05, 0.1) is 25.5 Å². The van der Waals surface area contributed by atoms with E-state index in [0.717, 1.165) is 11.3 Å². The van der Waals surface area contributed by atoms with Crippen LogP contribution in [0.3, 0.4) is 0 Å². The van der Waals surface area contributed by atoms with E-state index < -0.39 is 5.92 Å². The molecule has 1 aliphatic rings. The van der Waals surface area contributed by atoms with E-state index in [4.69, 9.17) is 5.26 Å². The highest BCUT2D eigenvalue weighted by Gasteiger charge is 2.35. The van der Waals surface area contributed by atoms with Gasteiger partial charge in [-0.15, -0.1) is 0 Å². The van der Waals surface area contributed by atoms with Gasteiger partial charge in [-0.05, 0) is 17.7 Å². The molecule has 1 aromatic rings. The first kappa shape index (κ1) is 13.1. The van der Waals surface area contributed by atoms with Crippen LogP contribution in [0.4, 0.5) is 5.69 Å². The number of carbonyl (C=O) groups excluding carboxylic acids is 2. The Morgan fingerprint density at radius 1 is 1.58 bits per heavy atom. The molecular formula is C14H14N2O3. The second-order valence-electron chi connectivity index (χ2n) is 4.43. The topological polar surface area (TPSA) is 70.4 Å². The quantitative estimate of drug-likeness (QED) is 0.766. The lowest BCUT2D eigenvalue weighted by Crippen LogP contribution is -2.26. The summed E-state index contributed by atoms with van der Waals surface area (Å²) in [4.78, 5) is 25.0. The van der Waals surface area contributed by atoms with E-state index in [9.17, 15) is 9.59 Å². The summed E-state index contributed by atoms with van der Waals surface area (Å²) in [5.74, 6) is -0.856. The van der Waals surface area contributed by atoms with Gasteiger partial charge >= 0.3 is 5.97 Å². The number of anilines is 1. The van der Waals surface area contributed by atoms with Crippen LogP contribution in [0.15, 0.2) is 24.3 Å². The molecule has 5 heteroatoms. The van der Waals surface area contributed by atoms with Crippen LogP contribution in [0.25, 0.3) is 0 Å². The van der Waals surface area contributed by atoms with Crippen molar-refractivity contribution in [3.8, 4) is 6.07 Å². The fourth-order valence-corrected chi connectivity index (χ4v) is 2.21. The Kier molecular flexibility index (Phi) is 3.81. The van der Waals surface area contributed by atoms with Gasteiger partial charge in [-0.1, -0.05) is 12.1 Å². The molecular weight excluding hydrogens is 244 g/mol. The van der Waals surface area contributed by atoms with Crippen LogP contribution in [0.1, 0.15) is 12.0 Å². The smallest absolute Gasteiger partial charge is 0.311 e. The molecule has 1 saturated heterocycles. The number of carbonyl (C=O) groups is 2. The summed E-state index contributed by atoms with van der Waals surface area (Å²) in [6.07, 6.45) is 0.478. The summed E-state index contributed by atoms with van der Waals surface area (Å²) >= 11 is 0. The zero-order chi connectivity index (χ0) is 13.8. The summed E-state index contributed by atoms with van der Waals surface area (Å²) in [7, 11) is 1.32. The number of methoxy groups -OCH3 is 1. The average molecular weight is 258 g/mol. The van der Waals surface area contributed by atoms with E-state index in [1.54, 1.807) is 23.1 Å². The maximum atomic E-state index is 11.9. The molecule has 1 atom stereocenters. The van der Waals surface area contributed by atoms with E-state index in [2.05, 4.69) is 10.8 Å². The molecule has 0 aliphatic carbocycles. The Bertz CT molecular complexity index is 548. The van der Waals surface area contributed by atoms with Crippen LogP contribution >= 0.6 is 0 Å². The molecule has 1 aromatic carbocycles. The molecule has 0 bridgehead atoms. The Labute approximate surface area is 111 Å². The highest BCUT2D eigenvalue weighted by atomic mass is 16.5. The van der Waals surface area contributed by atoms with Crippen LogP contribution in [-0.2, 0) is 20.7 Å². The molecule has 2 rings (SSSR count). The van der Waals surface area contributed by atoms with Gasteiger partial charge in [0.15, 0.2) is 0 Å². The van der Waals surface area contributed by atoms with Gasteiger partial charge in [-0.25, -0.2) is 0 Å². The highest BCUT2D eigenvalue weighted by molar-refractivity contribution is 5.99. The molecule has 5 nitrogen and oxygen atoms in total. The van der Waals surface area contributed by atoms with Crippen molar-refractivity contribution in [2.24, 2.45) is 5.92 Å². The van der Waals surface area contributed by atoms with Gasteiger partial charge < -0.3 is 9.64 Å². The first-order valence-corrected chi connectivity index (χ1v) is 5.99. The number of benzene rings is 1. The van der Waals surface area contributed by atoms with Crippen LogP contribution in [-0.4, -0.2) is 25.5 Å². The summed E-state index contributed by atoms with van der Waals surface area (Å²) < 4.78 is 4.67. The van der Waals surface area contributed by atoms with Gasteiger partial charge in [0.25, 0.3) is 0 Å². The van der Waals surface area contributed by atoms with Crippen molar-refractivity contribution in [3.05, 3.63) is 29.8 Å². The van der Waals surface area contributed by atoms with Crippen molar-refractivity contribution in [2.45, 2.75) is 12.8 Å². The predicted molar refractivity (Wildman–Crippen MR) is 68.2 cm³/mol. The highest BCUT2D eigenvalue weighted by Crippen LogP contribution is 2.26. The van der Waals surface area contributed by atoms with Crippen molar-refractivity contribution in [2.75, 3.05) is 18.6 Å². The molecule has 0 N–H and O–H groups in total. The lowest BCUT2D eigenvalue weighted by atomic mass is 10.1. The Morgan fingerprint density at radius 2 is 2.37 bits per heavy atom. The maximum absolute atomic E-state index is 11.9. The number of ether oxygens (including phenoxy) is 1. The van der Waals surface area contributed by atoms with Crippen LogP contribution in [0.2, 0.25) is 0 Å². The molecule has 1 heterocycles. The van der Waals surface area contributed by atoms with Crippen molar-refractivity contribution < 1.29 is 14.3 Å². The lowest BCUT2D eigenvalue weighted by molar-refractivity contribution is -0.145. The van der Waals surface area contributed by atoms with E-state index in [1.165, 1.54) is 7.11 Å². The normalized spacial score (nSPS) is 18.2. The van der Waals surface area contributed by atoms with E-state index in [-0.39, 0.29) is 18.3 Å². The summed E-state index contributed by atoms with van der Waals surface area (Å²) in [6.45, 7) is 0.335. The van der Waals surface area contributed by atoms with E-state index in [1.807, 2.05) is 6.07 Å². The molecule has 1 fully saturated rings. The molecule has 1 aliphatic heterocycles. The third-order valence-electron chi connectivity index (χ3n) is 3.16. The SMILES string of the molecule is COC(=O)C1CC(=O)N(c2cccc(CC#N)c2)C1. The second-order valence-corrected chi connectivity index (χ2v) is 4.43. The van der Waals surface area contributed by atoms with Crippen molar-refractivity contribution in [1.29, 1.82) is 5.26 Å². The summed E-state index contributed by atoms with van der Waals surface area (Å²) in [5.41, 5.74) is 1.58. The zero-order valence-electron chi connectivity index (χ0n) is 10.6. The number of nitriles is 1. The zero-order valence-corrected chi connectivity index (χ0v) is 10.6. The van der Waals surface area contributed by atoms with Gasteiger partial charge in [-0.2, -0.15) is 5.26 Å². The lowest BCUT2D eigenvalue weighted by Gasteiger charge is -2.17. The monoisotopic (exact) mass is 258 g/mol. The number of rotatable bonds is 3. The van der Waals surface area contributed by atoms with Gasteiger partial charge in [0.1, 0.15) is 0 Å². The molecule has 1 amide bonds. The predicted octanol–water partition coefficient (Wildman–Crippen LogP) is 1.28. The second kappa shape index (κ2) is 5.53. The van der Waals surface area contributed by atoms with Crippen LogP contribution in [0, 0.1) is 17.2 Å². The average Bonchev–Trinajstić information content (AvgIpc) is 2.81. The van der Waals surface area contributed by atoms with Crippen molar-refractivity contribution in [3.63, 3.8) is 0 Å². The molecule has 0 spiro atoms. The first-order chi connectivity index (χ1) is 9.15. The standard InChI is InChI=1S/C14H14N2O3/c1-19-14(18)11-8-13(17)16(9-11)12-4-2-3-10(7-12)5-6-15/h2-4,7,11H,5,8-9H2,1H3. The van der Waals surface area contributed by atoms with Gasteiger partial charge in [0, 0.05) is 18.7 Å². The fraction of sp³-hybridized carbons (Fsp3) is 0.357. The first-order valence-electron chi connectivity index (χ1n) is 5.99. The summed E-state index contributed by atoms with van der Waals surface area (Å²) in [6, 6.07) is 9.33. The number of esters is 1. The van der Waals surface area contributed by atoms with Gasteiger partial charge in [0.2, 0.25) is 5.91 Å². The van der Waals surface area contributed by atoms with E-state index >= 15 is 0 Å². The molecule has 0 aromatic heterocycles. The Morgan fingerprint density at radius 3 is 3.05 bits per heavy atom. The van der Waals surface area contributed by atoms with Crippen molar-refractivity contribution in [1.82, 2.24) is 0 Å².